The maximum atomic E-state index is 12.3. The fraction of sp³-hybridized carbons (Fsp3) is 0.345. The van der Waals surface area contributed by atoms with Gasteiger partial charge in [-0.15, -0.1) is 11.8 Å². The lowest BCUT2D eigenvalue weighted by Gasteiger charge is -2.14. The molecular formula is C29H30ClNO3S. The molecule has 4 nitrogen and oxygen atoms in total. The molecule has 1 N–H and O–H groups in total. The fourth-order valence-electron chi connectivity index (χ4n) is 5.25. The Kier molecular flexibility index (Phi) is 7.26. The molecule has 35 heavy (non-hydrogen) atoms. The van der Waals surface area contributed by atoms with Crippen molar-refractivity contribution >= 4 is 51.0 Å². The van der Waals surface area contributed by atoms with Crippen molar-refractivity contribution in [3.8, 4) is 5.75 Å². The molecule has 1 aliphatic rings. The Bertz CT molecular complexity index is 1390. The molecule has 4 aromatic rings. The number of aromatic carboxylic acids is 1. The quantitative estimate of drug-likeness (QED) is 0.282. The Balaban J connectivity index is 1.52. The third kappa shape index (κ3) is 4.89. The van der Waals surface area contributed by atoms with Gasteiger partial charge in [-0.1, -0.05) is 48.7 Å². The van der Waals surface area contributed by atoms with Crippen LogP contribution in [-0.2, 0) is 13.0 Å². The van der Waals surface area contributed by atoms with Gasteiger partial charge in [0.2, 0.25) is 0 Å². The minimum atomic E-state index is -0.900. The highest BCUT2D eigenvalue weighted by Gasteiger charge is 2.22. The van der Waals surface area contributed by atoms with Crippen molar-refractivity contribution in [1.82, 2.24) is 4.57 Å². The Hall–Kier alpha value is -2.63. The summed E-state index contributed by atoms with van der Waals surface area (Å²) in [7, 11) is 0. The van der Waals surface area contributed by atoms with Crippen LogP contribution in [0.2, 0.25) is 5.02 Å². The summed E-state index contributed by atoms with van der Waals surface area (Å²) in [4.78, 5) is 13.5. The van der Waals surface area contributed by atoms with E-state index < -0.39 is 5.97 Å². The molecule has 0 saturated heterocycles. The zero-order chi connectivity index (χ0) is 24.4. The number of benzene rings is 3. The molecule has 1 aromatic heterocycles. The number of fused-ring (bicyclic) bond motifs is 4. The lowest BCUT2D eigenvalue weighted by atomic mass is 10.00. The summed E-state index contributed by atoms with van der Waals surface area (Å²) >= 11 is 8.53. The highest BCUT2D eigenvalue weighted by atomic mass is 35.5. The summed E-state index contributed by atoms with van der Waals surface area (Å²) in [5.74, 6) is 1.08. The standard InChI is InChI=1S/C29H30ClNO3S/c1-19-27-23-11-4-2-3-7-16-35-21-17-20-9-5-6-10-22(20)26(18-21)34-15-8-14-31(28(19)29(32)33)25(27)13-12-24(23)30/h5-6,9-10,12-13,17-18H,2-4,7-8,11,14-16H2,1H3,(H,32,33). The monoisotopic (exact) mass is 507 g/mol. The van der Waals surface area contributed by atoms with Gasteiger partial charge < -0.3 is 14.4 Å². The minimum absolute atomic E-state index is 0.352. The van der Waals surface area contributed by atoms with E-state index in [1.54, 1.807) is 0 Å². The summed E-state index contributed by atoms with van der Waals surface area (Å²) in [6, 6.07) is 16.6. The molecule has 0 radical (unpaired) electrons. The first-order valence-electron chi connectivity index (χ1n) is 12.4. The van der Waals surface area contributed by atoms with Crippen molar-refractivity contribution in [1.29, 1.82) is 0 Å². The Morgan fingerprint density at radius 2 is 1.89 bits per heavy atom. The number of nitrogens with zero attached hydrogens (tertiary/aromatic N) is 1. The predicted molar refractivity (Wildman–Crippen MR) is 146 cm³/mol. The van der Waals surface area contributed by atoms with Gasteiger partial charge in [0.05, 0.1) is 6.61 Å². The van der Waals surface area contributed by atoms with Gasteiger partial charge in [0.25, 0.3) is 0 Å². The van der Waals surface area contributed by atoms with Gasteiger partial charge in [0, 0.05) is 32.8 Å². The number of halogens is 1. The Morgan fingerprint density at radius 3 is 2.74 bits per heavy atom. The Labute approximate surface area is 215 Å². The summed E-state index contributed by atoms with van der Waals surface area (Å²) < 4.78 is 8.22. The number of hydrogen-bond donors (Lipinski definition) is 1. The van der Waals surface area contributed by atoms with Crippen LogP contribution in [0.25, 0.3) is 21.7 Å². The molecule has 6 heteroatoms. The molecule has 0 atom stereocenters. The number of aryl methyl sites for hydroxylation is 3. The molecule has 3 aromatic carbocycles. The van der Waals surface area contributed by atoms with Crippen molar-refractivity contribution in [2.75, 3.05) is 12.4 Å². The van der Waals surface area contributed by atoms with Gasteiger partial charge in [-0.2, -0.15) is 0 Å². The van der Waals surface area contributed by atoms with E-state index in [9.17, 15) is 9.90 Å². The predicted octanol–water partition coefficient (Wildman–Crippen LogP) is 8.13. The van der Waals surface area contributed by atoms with Gasteiger partial charge in [-0.3, -0.25) is 0 Å². The number of ether oxygens (including phenoxy) is 1. The number of thioether (sulfide) groups is 1. The lowest BCUT2D eigenvalue weighted by molar-refractivity contribution is 0.0684. The van der Waals surface area contributed by atoms with Crippen molar-refractivity contribution in [2.45, 2.75) is 56.9 Å². The first-order chi connectivity index (χ1) is 17.0. The number of carboxylic acid groups (broad SMARTS) is 1. The normalized spacial score (nSPS) is 15.6. The fourth-order valence-corrected chi connectivity index (χ4v) is 6.49. The largest absolute Gasteiger partial charge is 0.493 e. The number of carbonyl (C=O) groups is 1. The highest BCUT2D eigenvalue weighted by Crippen LogP contribution is 2.36. The van der Waals surface area contributed by atoms with Crippen LogP contribution in [0.15, 0.2) is 53.4 Å². The van der Waals surface area contributed by atoms with Crippen LogP contribution < -0.4 is 4.74 Å². The maximum Gasteiger partial charge on any atom is 0.352 e. The summed E-state index contributed by atoms with van der Waals surface area (Å²) in [5.41, 5.74) is 3.18. The molecular weight excluding hydrogens is 478 g/mol. The number of carboxylic acids is 1. The average Bonchev–Trinajstić information content (AvgIpc) is 3.13. The van der Waals surface area contributed by atoms with Crippen molar-refractivity contribution in [3.05, 3.63) is 70.4 Å². The maximum absolute atomic E-state index is 12.3. The van der Waals surface area contributed by atoms with Crippen LogP contribution >= 0.6 is 23.4 Å². The van der Waals surface area contributed by atoms with Crippen LogP contribution in [0.1, 0.15) is 53.7 Å². The lowest BCUT2D eigenvalue weighted by Crippen LogP contribution is -2.12. The minimum Gasteiger partial charge on any atom is -0.493 e. The van der Waals surface area contributed by atoms with Gasteiger partial charge in [-0.25, -0.2) is 4.79 Å². The average molecular weight is 508 g/mol. The molecule has 0 aliphatic carbocycles. The molecule has 2 heterocycles. The first kappa shape index (κ1) is 24.1. The van der Waals surface area contributed by atoms with Crippen molar-refractivity contribution < 1.29 is 14.6 Å². The second-order valence-electron chi connectivity index (χ2n) is 9.21. The highest BCUT2D eigenvalue weighted by molar-refractivity contribution is 7.99. The van der Waals surface area contributed by atoms with Crippen LogP contribution in [0, 0.1) is 6.92 Å². The molecule has 182 valence electrons. The molecule has 0 fully saturated rings. The van der Waals surface area contributed by atoms with Crippen LogP contribution in [0.3, 0.4) is 0 Å². The molecule has 0 amide bonds. The SMILES string of the molecule is Cc1c(C(=O)O)n2c3ccc(Cl)c(c13)CCCCCCSc1cc(c3ccccc3c1)OCCC2. The molecule has 0 spiro atoms. The second-order valence-corrected chi connectivity index (χ2v) is 10.8. The third-order valence-electron chi connectivity index (χ3n) is 6.90. The number of aromatic nitrogens is 1. The van der Waals surface area contributed by atoms with E-state index in [1.165, 1.54) is 10.3 Å². The number of rotatable bonds is 1. The zero-order valence-corrected chi connectivity index (χ0v) is 21.6. The topological polar surface area (TPSA) is 51.5 Å². The van der Waals surface area contributed by atoms with E-state index in [2.05, 4.69) is 30.3 Å². The number of hydrogen-bond acceptors (Lipinski definition) is 3. The van der Waals surface area contributed by atoms with E-state index in [0.717, 1.165) is 76.0 Å². The van der Waals surface area contributed by atoms with Gasteiger partial charge in [0.1, 0.15) is 11.4 Å². The van der Waals surface area contributed by atoms with Crippen LogP contribution in [0.4, 0.5) is 0 Å². The summed E-state index contributed by atoms with van der Waals surface area (Å²) in [6.07, 6.45) is 6.06. The van der Waals surface area contributed by atoms with E-state index in [1.807, 2.05) is 41.5 Å². The van der Waals surface area contributed by atoms with Gasteiger partial charge in [-0.05, 0) is 79.1 Å². The van der Waals surface area contributed by atoms with Crippen molar-refractivity contribution in [3.63, 3.8) is 0 Å². The molecule has 0 saturated carbocycles. The smallest absolute Gasteiger partial charge is 0.352 e. The van der Waals surface area contributed by atoms with E-state index in [4.69, 9.17) is 16.3 Å². The molecule has 6 bridgehead atoms. The van der Waals surface area contributed by atoms with Gasteiger partial charge >= 0.3 is 5.97 Å². The zero-order valence-electron chi connectivity index (χ0n) is 20.0. The van der Waals surface area contributed by atoms with Crippen LogP contribution in [0.5, 0.6) is 5.75 Å². The van der Waals surface area contributed by atoms with Gasteiger partial charge in [0.15, 0.2) is 0 Å². The molecule has 5 rings (SSSR count). The van der Waals surface area contributed by atoms with Crippen LogP contribution in [-0.4, -0.2) is 28.0 Å². The van der Waals surface area contributed by atoms with E-state index in [0.29, 0.717) is 25.3 Å². The summed E-state index contributed by atoms with van der Waals surface area (Å²) in [5, 5.41) is 14.1. The van der Waals surface area contributed by atoms with E-state index in [-0.39, 0.29) is 0 Å². The van der Waals surface area contributed by atoms with Crippen molar-refractivity contribution in [2.24, 2.45) is 0 Å². The Morgan fingerprint density at radius 1 is 1.06 bits per heavy atom. The molecule has 1 aliphatic heterocycles. The van der Waals surface area contributed by atoms with E-state index >= 15 is 0 Å². The molecule has 0 unspecified atom stereocenters. The first-order valence-corrected chi connectivity index (χ1v) is 13.7. The second kappa shape index (κ2) is 10.5. The third-order valence-corrected chi connectivity index (χ3v) is 8.31. The summed E-state index contributed by atoms with van der Waals surface area (Å²) in [6.45, 7) is 2.99.